The Kier molecular flexibility index (Phi) is 3.86. The summed E-state index contributed by atoms with van der Waals surface area (Å²) in [5.74, 6) is 0.865. The Hall–Kier alpha value is -1.26. The number of hydrogen-bond donors (Lipinski definition) is 2. The van der Waals surface area contributed by atoms with E-state index in [1.807, 2.05) is 24.3 Å². The molecule has 4 nitrogen and oxygen atoms in total. The SMILES string of the molecule is COc1ccc(NC2(CN)CCOCC2)cc1. The van der Waals surface area contributed by atoms with E-state index in [0.29, 0.717) is 6.54 Å². The molecule has 0 aliphatic carbocycles. The molecule has 0 amide bonds. The zero-order chi connectivity index (χ0) is 12.1. The van der Waals surface area contributed by atoms with E-state index in [1.165, 1.54) is 0 Å². The van der Waals surface area contributed by atoms with Crippen LogP contribution in [0.5, 0.6) is 5.75 Å². The van der Waals surface area contributed by atoms with Crippen LogP contribution in [0.3, 0.4) is 0 Å². The van der Waals surface area contributed by atoms with E-state index >= 15 is 0 Å². The minimum Gasteiger partial charge on any atom is -0.497 e. The number of rotatable bonds is 4. The quantitative estimate of drug-likeness (QED) is 0.834. The van der Waals surface area contributed by atoms with E-state index in [-0.39, 0.29) is 5.54 Å². The molecule has 0 unspecified atom stereocenters. The van der Waals surface area contributed by atoms with Crippen molar-refractivity contribution in [1.82, 2.24) is 0 Å². The van der Waals surface area contributed by atoms with Crippen LogP contribution in [0.2, 0.25) is 0 Å². The predicted molar refractivity (Wildman–Crippen MR) is 68.5 cm³/mol. The van der Waals surface area contributed by atoms with Crippen LogP contribution in [0.15, 0.2) is 24.3 Å². The Labute approximate surface area is 102 Å². The zero-order valence-electron chi connectivity index (χ0n) is 10.2. The van der Waals surface area contributed by atoms with Gasteiger partial charge in [0.05, 0.1) is 12.6 Å². The van der Waals surface area contributed by atoms with Crippen LogP contribution in [0, 0.1) is 0 Å². The van der Waals surface area contributed by atoms with Crippen molar-refractivity contribution in [3.8, 4) is 5.75 Å². The van der Waals surface area contributed by atoms with Crippen LogP contribution in [-0.4, -0.2) is 32.4 Å². The lowest BCUT2D eigenvalue weighted by Gasteiger charge is -2.37. The second-order valence-electron chi connectivity index (χ2n) is 4.45. The summed E-state index contributed by atoms with van der Waals surface area (Å²) in [4.78, 5) is 0. The van der Waals surface area contributed by atoms with Gasteiger partial charge in [-0.15, -0.1) is 0 Å². The van der Waals surface area contributed by atoms with Crippen LogP contribution in [0.1, 0.15) is 12.8 Å². The Balaban J connectivity index is 2.06. The van der Waals surface area contributed by atoms with Gasteiger partial charge in [0.25, 0.3) is 0 Å². The minimum absolute atomic E-state index is 0.0210. The smallest absolute Gasteiger partial charge is 0.119 e. The summed E-state index contributed by atoms with van der Waals surface area (Å²) in [5.41, 5.74) is 6.96. The van der Waals surface area contributed by atoms with Crippen molar-refractivity contribution in [2.75, 3.05) is 32.2 Å². The van der Waals surface area contributed by atoms with Gasteiger partial charge in [0, 0.05) is 25.4 Å². The number of methoxy groups -OCH3 is 1. The Bertz CT molecular complexity index is 345. The Morgan fingerprint density at radius 1 is 1.29 bits per heavy atom. The van der Waals surface area contributed by atoms with Gasteiger partial charge in [-0.3, -0.25) is 0 Å². The highest BCUT2D eigenvalue weighted by Crippen LogP contribution is 2.26. The van der Waals surface area contributed by atoms with Crippen molar-refractivity contribution < 1.29 is 9.47 Å². The second kappa shape index (κ2) is 5.38. The van der Waals surface area contributed by atoms with Gasteiger partial charge < -0.3 is 20.5 Å². The van der Waals surface area contributed by atoms with Crippen LogP contribution in [0.25, 0.3) is 0 Å². The van der Waals surface area contributed by atoms with Gasteiger partial charge in [-0.2, -0.15) is 0 Å². The average molecular weight is 236 g/mol. The lowest BCUT2D eigenvalue weighted by molar-refractivity contribution is 0.0628. The normalized spacial score (nSPS) is 18.7. The fraction of sp³-hybridized carbons (Fsp3) is 0.538. The number of benzene rings is 1. The molecule has 1 saturated heterocycles. The minimum atomic E-state index is -0.0210. The summed E-state index contributed by atoms with van der Waals surface area (Å²) in [7, 11) is 1.67. The molecule has 0 saturated carbocycles. The summed E-state index contributed by atoms with van der Waals surface area (Å²) in [5, 5.41) is 3.53. The molecule has 1 aliphatic rings. The molecule has 1 heterocycles. The molecule has 0 radical (unpaired) electrons. The molecule has 1 aromatic rings. The molecule has 1 fully saturated rings. The van der Waals surface area contributed by atoms with Crippen molar-refractivity contribution in [3.05, 3.63) is 24.3 Å². The molecule has 2 rings (SSSR count). The van der Waals surface area contributed by atoms with Gasteiger partial charge in [-0.05, 0) is 37.1 Å². The maximum Gasteiger partial charge on any atom is 0.119 e. The van der Waals surface area contributed by atoms with E-state index < -0.39 is 0 Å². The largest absolute Gasteiger partial charge is 0.497 e. The molecule has 3 N–H and O–H groups in total. The fourth-order valence-electron chi connectivity index (χ4n) is 2.12. The van der Waals surface area contributed by atoms with E-state index in [1.54, 1.807) is 7.11 Å². The molecule has 0 bridgehead atoms. The monoisotopic (exact) mass is 236 g/mol. The third-order valence-corrected chi connectivity index (χ3v) is 3.34. The topological polar surface area (TPSA) is 56.5 Å². The van der Waals surface area contributed by atoms with Crippen molar-refractivity contribution >= 4 is 5.69 Å². The molecular weight excluding hydrogens is 216 g/mol. The standard InChI is InChI=1S/C13H20N2O2/c1-16-12-4-2-11(3-5-12)15-13(10-14)6-8-17-9-7-13/h2-5,15H,6-10,14H2,1H3. The van der Waals surface area contributed by atoms with Crippen LogP contribution in [-0.2, 0) is 4.74 Å². The van der Waals surface area contributed by atoms with Crippen LogP contribution < -0.4 is 15.8 Å². The Morgan fingerprint density at radius 2 is 1.94 bits per heavy atom. The molecule has 0 aromatic heterocycles. The number of nitrogens with one attached hydrogen (secondary N) is 1. The lowest BCUT2D eigenvalue weighted by atomic mass is 9.90. The molecule has 94 valence electrons. The number of nitrogens with two attached hydrogens (primary N) is 1. The van der Waals surface area contributed by atoms with Gasteiger partial charge in [0.15, 0.2) is 0 Å². The number of hydrogen-bond acceptors (Lipinski definition) is 4. The molecule has 1 aliphatic heterocycles. The zero-order valence-corrected chi connectivity index (χ0v) is 10.2. The highest BCUT2D eigenvalue weighted by Gasteiger charge is 2.30. The third kappa shape index (κ3) is 2.90. The van der Waals surface area contributed by atoms with Crippen LogP contribution in [0.4, 0.5) is 5.69 Å². The van der Waals surface area contributed by atoms with Gasteiger partial charge >= 0.3 is 0 Å². The summed E-state index contributed by atoms with van der Waals surface area (Å²) < 4.78 is 10.5. The highest BCUT2D eigenvalue weighted by molar-refractivity contribution is 5.48. The van der Waals surface area contributed by atoms with E-state index in [9.17, 15) is 0 Å². The first-order valence-corrected chi connectivity index (χ1v) is 5.98. The van der Waals surface area contributed by atoms with Gasteiger partial charge in [0.1, 0.15) is 5.75 Å². The molecule has 4 heteroatoms. The van der Waals surface area contributed by atoms with Gasteiger partial charge in [-0.25, -0.2) is 0 Å². The van der Waals surface area contributed by atoms with Gasteiger partial charge in [-0.1, -0.05) is 0 Å². The molecule has 0 atom stereocenters. The van der Waals surface area contributed by atoms with Gasteiger partial charge in [0.2, 0.25) is 0 Å². The van der Waals surface area contributed by atoms with Crippen molar-refractivity contribution in [3.63, 3.8) is 0 Å². The highest BCUT2D eigenvalue weighted by atomic mass is 16.5. The third-order valence-electron chi connectivity index (χ3n) is 3.34. The number of ether oxygens (including phenoxy) is 2. The van der Waals surface area contributed by atoms with Crippen molar-refractivity contribution in [2.45, 2.75) is 18.4 Å². The lowest BCUT2D eigenvalue weighted by Crippen LogP contribution is -2.49. The summed E-state index contributed by atoms with van der Waals surface area (Å²) in [6.45, 7) is 2.18. The second-order valence-corrected chi connectivity index (χ2v) is 4.45. The first kappa shape index (κ1) is 12.2. The Morgan fingerprint density at radius 3 is 2.47 bits per heavy atom. The first-order valence-electron chi connectivity index (χ1n) is 5.98. The first-order chi connectivity index (χ1) is 8.28. The summed E-state index contributed by atoms with van der Waals surface area (Å²) in [6.07, 6.45) is 1.91. The predicted octanol–water partition coefficient (Wildman–Crippen LogP) is 1.61. The maximum atomic E-state index is 5.90. The molecule has 17 heavy (non-hydrogen) atoms. The van der Waals surface area contributed by atoms with Crippen LogP contribution >= 0.6 is 0 Å². The van der Waals surface area contributed by atoms with E-state index in [0.717, 1.165) is 37.5 Å². The molecular formula is C13H20N2O2. The van der Waals surface area contributed by atoms with Crippen molar-refractivity contribution in [2.24, 2.45) is 5.73 Å². The summed E-state index contributed by atoms with van der Waals surface area (Å²) in [6, 6.07) is 7.94. The molecule has 1 aromatic carbocycles. The van der Waals surface area contributed by atoms with Crippen molar-refractivity contribution in [1.29, 1.82) is 0 Å². The van der Waals surface area contributed by atoms with E-state index in [4.69, 9.17) is 15.2 Å². The average Bonchev–Trinajstić information content (AvgIpc) is 2.41. The fourth-order valence-corrected chi connectivity index (χ4v) is 2.12. The summed E-state index contributed by atoms with van der Waals surface area (Å²) >= 11 is 0. The number of anilines is 1. The van der Waals surface area contributed by atoms with E-state index in [2.05, 4.69) is 5.32 Å². The maximum absolute atomic E-state index is 5.90. The molecule has 0 spiro atoms.